The molecule has 0 atom stereocenters. The summed E-state index contributed by atoms with van der Waals surface area (Å²) >= 11 is 1.65. The van der Waals surface area contributed by atoms with Gasteiger partial charge in [-0.05, 0) is 30.0 Å². The number of carbonyl (C=O) groups excluding carboxylic acids is 2. The van der Waals surface area contributed by atoms with E-state index in [9.17, 15) is 9.59 Å². The van der Waals surface area contributed by atoms with Crippen LogP contribution in [0.25, 0.3) is 11.3 Å². The molecular formula is C21H21NO4S. The number of carbonyl (C=O) groups is 2. The minimum atomic E-state index is -0.416. The molecule has 140 valence electrons. The summed E-state index contributed by atoms with van der Waals surface area (Å²) in [7, 11) is 0. The molecule has 5 nitrogen and oxygen atoms in total. The van der Waals surface area contributed by atoms with Crippen molar-refractivity contribution in [1.82, 2.24) is 5.32 Å². The Kier molecular flexibility index (Phi) is 6.82. The van der Waals surface area contributed by atoms with Gasteiger partial charge in [-0.1, -0.05) is 36.4 Å². The van der Waals surface area contributed by atoms with Crippen LogP contribution in [0.2, 0.25) is 0 Å². The Hall–Kier alpha value is -2.86. The minimum Gasteiger partial charge on any atom is -0.461 e. The van der Waals surface area contributed by atoms with Crippen LogP contribution in [-0.2, 0) is 27.2 Å². The second-order valence-corrected chi connectivity index (χ2v) is 7.00. The van der Waals surface area contributed by atoms with Gasteiger partial charge in [0.25, 0.3) is 5.91 Å². The smallest absolute Gasteiger partial charge is 0.306 e. The number of benzene rings is 1. The number of ether oxygens (including phenoxy) is 1. The van der Waals surface area contributed by atoms with E-state index >= 15 is 0 Å². The fraction of sp³-hybridized carbons (Fsp3) is 0.238. The van der Waals surface area contributed by atoms with E-state index in [1.165, 1.54) is 4.88 Å². The largest absolute Gasteiger partial charge is 0.461 e. The van der Waals surface area contributed by atoms with Gasteiger partial charge in [0.2, 0.25) is 0 Å². The molecule has 3 aromatic rings. The number of hydrogen-bond donors (Lipinski definition) is 1. The maximum absolute atomic E-state index is 11.8. The van der Waals surface area contributed by atoms with Crippen molar-refractivity contribution >= 4 is 23.2 Å². The van der Waals surface area contributed by atoms with Gasteiger partial charge >= 0.3 is 5.97 Å². The van der Waals surface area contributed by atoms with Crippen LogP contribution >= 0.6 is 11.3 Å². The van der Waals surface area contributed by atoms with Crippen molar-refractivity contribution in [1.29, 1.82) is 0 Å². The molecule has 1 aromatic carbocycles. The lowest BCUT2D eigenvalue weighted by Crippen LogP contribution is -2.30. The number of furan rings is 1. The lowest BCUT2D eigenvalue weighted by atomic mass is 10.2. The molecule has 2 heterocycles. The van der Waals surface area contributed by atoms with E-state index in [1.807, 2.05) is 60.0 Å². The van der Waals surface area contributed by atoms with Crippen molar-refractivity contribution < 1.29 is 18.7 Å². The van der Waals surface area contributed by atoms with Crippen LogP contribution in [0.15, 0.2) is 64.4 Å². The lowest BCUT2D eigenvalue weighted by molar-refractivity contribution is -0.148. The molecule has 0 bridgehead atoms. The predicted octanol–water partition coefficient (Wildman–Crippen LogP) is 3.84. The highest BCUT2D eigenvalue weighted by molar-refractivity contribution is 7.09. The molecule has 1 N–H and O–H groups in total. The third kappa shape index (κ3) is 6.11. The van der Waals surface area contributed by atoms with Gasteiger partial charge in [-0.3, -0.25) is 9.59 Å². The fourth-order valence-electron chi connectivity index (χ4n) is 2.54. The van der Waals surface area contributed by atoms with Gasteiger partial charge < -0.3 is 14.5 Å². The van der Waals surface area contributed by atoms with Crippen LogP contribution in [0.1, 0.15) is 17.1 Å². The molecule has 0 unspecified atom stereocenters. The SMILES string of the molecule is O=C(COC(=O)CCc1ccc(-c2ccccc2)o1)NCCc1cccs1. The normalized spacial score (nSPS) is 10.5. The topological polar surface area (TPSA) is 68.5 Å². The third-order valence-electron chi connectivity index (χ3n) is 3.93. The zero-order valence-corrected chi connectivity index (χ0v) is 15.7. The highest BCUT2D eigenvalue weighted by Gasteiger charge is 2.10. The fourth-order valence-corrected chi connectivity index (χ4v) is 3.25. The van der Waals surface area contributed by atoms with Crippen molar-refractivity contribution in [2.24, 2.45) is 0 Å². The van der Waals surface area contributed by atoms with Crippen molar-refractivity contribution in [3.8, 4) is 11.3 Å². The number of hydrogen-bond acceptors (Lipinski definition) is 5. The molecule has 0 saturated heterocycles. The summed E-state index contributed by atoms with van der Waals surface area (Å²) in [5, 5.41) is 4.74. The monoisotopic (exact) mass is 383 g/mol. The summed E-state index contributed by atoms with van der Waals surface area (Å²) in [6.45, 7) is 0.280. The number of nitrogens with one attached hydrogen (secondary N) is 1. The summed E-state index contributed by atoms with van der Waals surface area (Å²) in [5.74, 6) is 0.778. The molecule has 3 rings (SSSR count). The number of rotatable bonds is 9. The van der Waals surface area contributed by atoms with Crippen LogP contribution in [0, 0.1) is 0 Å². The van der Waals surface area contributed by atoms with E-state index in [0.29, 0.717) is 18.7 Å². The summed E-state index contributed by atoms with van der Waals surface area (Å²) < 4.78 is 10.8. The first-order chi connectivity index (χ1) is 13.2. The first-order valence-electron chi connectivity index (χ1n) is 8.79. The van der Waals surface area contributed by atoms with E-state index in [-0.39, 0.29) is 18.9 Å². The molecule has 0 saturated carbocycles. The number of esters is 1. The highest BCUT2D eigenvalue weighted by Crippen LogP contribution is 2.22. The van der Waals surface area contributed by atoms with Gasteiger partial charge in [0.15, 0.2) is 6.61 Å². The molecule has 1 amide bonds. The Morgan fingerprint density at radius 3 is 2.63 bits per heavy atom. The summed E-state index contributed by atoms with van der Waals surface area (Å²) in [5.41, 5.74) is 0.991. The molecule has 0 aliphatic rings. The quantitative estimate of drug-likeness (QED) is 0.570. The molecule has 0 fully saturated rings. The van der Waals surface area contributed by atoms with Crippen LogP contribution in [0.3, 0.4) is 0 Å². The van der Waals surface area contributed by atoms with Gasteiger partial charge in [0.1, 0.15) is 11.5 Å². The van der Waals surface area contributed by atoms with Gasteiger partial charge in [0, 0.05) is 23.4 Å². The average Bonchev–Trinajstić information content (AvgIpc) is 3.37. The van der Waals surface area contributed by atoms with Crippen molar-refractivity contribution in [2.45, 2.75) is 19.3 Å². The van der Waals surface area contributed by atoms with Crippen molar-refractivity contribution in [3.63, 3.8) is 0 Å². The molecule has 2 aromatic heterocycles. The predicted molar refractivity (Wildman–Crippen MR) is 104 cm³/mol. The Morgan fingerprint density at radius 2 is 1.85 bits per heavy atom. The number of aryl methyl sites for hydroxylation is 1. The minimum absolute atomic E-state index is 0.171. The van der Waals surface area contributed by atoms with Crippen LogP contribution in [0.5, 0.6) is 0 Å². The highest BCUT2D eigenvalue weighted by atomic mass is 32.1. The molecule has 0 aliphatic heterocycles. The average molecular weight is 383 g/mol. The Bertz CT molecular complexity index is 855. The molecule has 0 aliphatic carbocycles. The molecule has 6 heteroatoms. The van der Waals surface area contributed by atoms with E-state index in [0.717, 1.165) is 17.7 Å². The lowest BCUT2D eigenvalue weighted by Gasteiger charge is -2.05. The first-order valence-corrected chi connectivity index (χ1v) is 9.67. The van der Waals surface area contributed by atoms with Crippen LogP contribution in [-0.4, -0.2) is 25.0 Å². The van der Waals surface area contributed by atoms with E-state index < -0.39 is 5.97 Å². The summed E-state index contributed by atoms with van der Waals surface area (Å²) in [4.78, 5) is 24.7. The van der Waals surface area contributed by atoms with E-state index in [4.69, 9.17) is 9.15 Å². The zero-order valence-electron chi connectivity index (χ0n) is 14.9. The van der Waals surface area contributed by atoms with Gasteiger partial charge in [-0.15, -0.1) is 11.3 Å². The van der Waals surface area contributed by atoms with Crippen molar-refractivity contribution in [2.75, 3.05) is 13.2 Å². The van der Waals surface area contributed by atoms with Gasteiger partial charge in [-0.25, -0.2) is 0 Å². The zero-order chi connectivity index (χ0) is 18.9. The second-order valence-electron chi connectivity index (χ2n) is 5.97. The maximum atomic E-state index is 11.8. The molecule has 0 radical (unpaired) electrons. The van der Waals surface area contributed by atoms with Gasteiger partial charge in [0.05, 0.1) is 6.42 Å². The maximum Gasteiger partial charge on any atom is 0.306 e. The van der Waals surface area contributed by atoms with Crippen LogP contribution < -0.4 is 5.32 Å². The van der Waals surface area contributed by atoms with E-state index in [2.05, 4.69) is 5.32 Å². The third-order valence-corrected chi connectivity index (χ3v) is 4.87. The number of thiophene rings is 1. The Morgan fingerprint density at radius 1 is 1.00 bits per heavy atom. The summed E-state index contributed by atoms with van der Waals surface area (Å²) in [6.07, 6.45) is 1.38. The first kappa shape index (κ1) is 18.9. The molecule has 27 heavy (non-hydrogen) atoms. The van der Waals surface area contributed by atoms with E-state index in [1.54, 1.807) is 11.3 Å². The Labute approximate surface area is 162 Å². The molecular weight excluding hydrogens is 362 g/mol. The van der Waals surface area contributed by atoms with Crippen LogP contribution in [0.4, 0.5) is 0 Å². The summed E-state index contributed by atoms with van der Waals surface area (Å²) in [6, 6.07) is 17.5. The Balaban J connectivity index is 1.33. The second kappa shape index (κ2) is 9.73. The molecule has 0 spiro atoms. The standard InChI is InChI=1S/C21H21NO4S/c23-20(22-13-12-18-7-4-14-27-18)15-25-21(24)11-9-17-8-10-19(26-17)16-5-2-1-3-6-16/h1-8,10,14H,9,11-13,15H2,(H,22,23). The van der Waals surface area contributed by atoms with Crippen molar-refractivity contribution in [3.05, 3.63) is 70.6 Å². The van der Waals surface area contributed by atoms with Gasteiger partial charge in [-0.2, -0.15) is 0 Å². The number of amides is 1.